The molecule has 1 aromatic carbocycles. The van der Waals surface area contributed by atoms with Crippen LogP contribution in [0, 0.1) is 6.92 Å². The summed E-state index contributed by atoms with van der Waals surface area (Å²) in [4.78, 5) is 4.02. The van der Waals surface area contributed by atoms with Gasteiger partial charge in [0.05, 0.1) is 18.3 Å². The molecule has 21 heavy (non-hydrogen) atoms. The lowest BCUT2D eigenvalue weighted by molar-refractivity contribution is 0.417. The molecule has 6 nitrogen and oxygen atoms in total. The van der Waals surface area contributed by atoms with Crippen molar-refractivity contribution in [3.8, 4) is 5.75 Å². The van der Waals surface area contributed by atoms with Crippen molar-refractivity contribution in [3.63, 3.8) is 0 Å². The molecule has 0 atom stereocenters. The lowest BCUT2D eigenvalue weighted by atomic mass is 10.1. The van der Waals surface area contributed by atoms with Gasteiger partial charge in [0.1, 0.15) is 16.4 Å². The molecule has 2 aromatic rings. The maximum atomic E-state index is 12.4. The summed E-state index contributed by atoms with van der Waals surface area (Å²) in [5, 5.41) is 0.657. The number of thiocarbonyl (C=S) groups is 1. The lowest BCUT2D eigenvalue weighted by Crippen LogP contribution is -2.18. The van der Waals surface area contributed by atoms with Gasteiger partial charge in [0.2, 0.25) is 0 Å². The molecular formula is C12H13N3O3S3. The first-order valence-electron chi connectivity index (χ1n) is 5.77. The van der Waals surface area contributed by atoms with Crippen LogP contribution in [0.1, 0.15) is 10.6 Å². The van der Waals surface area contributed by atoms with E-state index in [1.54, 1.807) is 25.1 Å². The normalized spacial score (nSPS) is 11.1. The second-order valence-electron chi connectivity index (χ2n) is 4.05. The number of hydrogen-bond acceptors (Lipinski definition) is 6. The van der Waals surface area contributed by atoms with Gasteiger partial charge in [-0.2, -0.15) is 0 Å². The number of nitrogens with two attached hydrogens (primary N) is 1. The van der Waals surface area contributed by atoms with E-state index in [4.69, 9.17) is 22.7 Å². The highest BCUT2D eigenvalue weighted by Crippen LogP contribution is 2.31. The molecule has 1 aromatic heterocycles. The quantitative estimate of drug-likeness (QED) is 0.805. The van der Waals surface area contributed by atoms with Crippen LogP contribution < -0.4 is 15.2 Å². The molecule has 0 saturated heterocycles. The van der Waals surface area contributed by atoms with Gasteiger partial charge in [-0.25, -0.2) is 13.4 Å². The van der Waals surface area contributed by atoms with Gasteiger partial charge in [0.25, 0.3) is 10.0 Å². The van der Waals surface area contributed by atoms with Crippen molar-refractivity contribution in [1.82, 2.24) is 4.98 Å². The Morgan fingerprint density at radius 2 is 2.19 bits per heavy atom. The fourth-order valence-corrected chi connectivity index (χ4v) is 4.03. The van der Waals surface area contributed by atoms with Crippen LogP contribution in [-0.2, 0) is 10.0 Å². The van der Waals surface area contributed by atoms with Gasteiger partial charge in [0.15, 0.2) is 4.21 Å². The van der Waals surface area contributed by atoms with Gasteiger partial charge in [0, 0.05) is 5.56 Å². The highest BCUT2D eigenvalue weighted by Gasteiger charge is 2.21. The number of sulfonamides is 1. The molecule has 0 fully saturated rings. The lowest BCUT2D eigenvalue weighted by Gasteiger charge is -2.14. The summed E-state index contributed by atoms with van der Waals surface area (Å²) in [7, 11) is -2.33. The van der Waals surface area contributed by atoms with Gasteiger partial charge in [-0.3, -0.25) is 4.72 Å². The number of thiazole rings is 1. The predicted octanol–water partition coefficient (Wildman–Crippen LogP) is 1.90. The fourth-order valence-electron chi connectivity index (χ4n) is 1.66. The molecule has 3 N–H and O–H groups in total. The van der Waals surface area contributed by atoms with Gasteiger partial charge < -0.3 is 10.5 Å². The number of para-hydroxylation sites is 1. The summed E-state index contributed by atoms with van der Waals surface area (Å²) in [6.07, 6.45) is 1.30. The Bertz CT molecular complexity index is 784. The Morgan fingerprint density at radius 3 is 2.71 bits per heavy atom. The van der Waals surface area contributed by atoms with Crippen LogP contribution >= 0.6 is 23.6 Å². The topological polar surface area (TPSA) is 94.3 Å². The van der Waals surface area contributed by atoms with Crippen LogP contribution in [0.15, 0.2) is 28.6 Å². The van der Waals surface area contributed by atoms with Gasteiger partial charge in [-0.15, -0.1) is 11.3 Å². The number of nitrogens with one attached hydrogen (secondary N) is 1. The van der Waals surface area contributed by atoms with E-state index in [1.807, 2.05) is 0 Å². The molecule has 0 unspecified atom stereocenters. The van der Waals surface area contributed by atoms with Crippen molar-refractivity contribution < 1.29 is 13.2 Å². The minimum atomic E-state index is -3.77. The third-order valence-electron chi connectivity index (χ3n) is 2.61. The summed E-state index contributed by atoms with van der Waals surface area (Å²) >= 11 is 6.02. The van der Waals surface area contributed by atoms with E-state index in [1.165, 1.54) is 13.3 Å². The smallest absolute Gasteiger partial charge is 0.273 e. The molecule has 0 aliphatic rings. The van der Waals surface area contributed by atoms with Crippen molar-refractivity contribution in [1.29, 1.82) is 0 Å². The van der Waals surface area contributed by atoms with Crippen molar-refractivity contribution >= 4 is 44.3 Å². The van der Waals surface area contributed by atoms with E-state index in [9.17, 15) is 8.42 Å². The van der Waals surface area contributed by atoms with Crippen LogP contribution in [0.4, 0.5) is 5.69 Å². The molecule has 0 spiro atoms. The van der Waals surface area contributed by atoms with Crippen molar-refractivity contribution in [3.05, 3.63) is 35.0 Å². The zero-order valence-electron chi connectivity index (χ0n) is 11.3. The molecule has 0 aliphatic carbocycles. The van der Waals surface area contributed by atoms with Crippen molar-refractivity contribution in [2.45, 2.75) is 11.1 Å². The van der Waals surface area contributed by atoms with E-state index in [0.717, 1.165) is 11.3 Å². The molecule has 0 amide bonds. The second-order valence-corrected chi connectivity index (χ2v) is 7.63. The van der Waals surface area contributed by atoms with Gasteiger partial charge >= 0.3 is 0 Å². The maximum absolute atomic E-state index is 12.4. The summed E-state index contributed by atoms with van der Waals surface area (Å²) in [5.41, 5.74) is 6.25. The Balaban J connectivity index is 2.50. The predicted molar refractivity (Wildman–Crippen MR) is 86.5 cm³/mol. The zero-order chi connectivity index (χ0) is 15.6. The van der Waals surface area contributed by atoms with E-state index in [0.29, 0.717) is 16.3 Å². The van der Waals surface area contributed by atoms with E-state index in [-0.39, 0.29) is 14.9 Å². The van der Waals surface area contributed by atoms with Crippen molar-refractivity contribution in [2.24, 2.45) is 5.73 Å². The van der Waals surface area contributed by atoms with Crippen LogP contribution in [0.5, 0.6) is 5.75 Å². The molecule has 0 radical (unpaired) electrons. The minimum absolute atomic E-state index is 0.0760. The number of rotatable bonds is 5. The molecule has 2 rings (SSSR count). The molecule has 0 saturated carbocycles. The van der Waals surface area contributed by atoms with Crippen LogP contribution in [0.2, 0.25) is 0 Å². The monoisotopic (exact) mass is 343 g/mol. The third kappa shape index (κ3) is 3.31. The average Bonchev–Trinajstić information content (AvgIpc) is 2.86. The van der Waals surface area contributed by atoms with E-state index < -0.39 is 10.0 Å². The zero-order valence-corrected chi connectivity index (χ0v) is 13.7. The molecule has 1 heterocycles. The van der Waals surface area contributed by atoms with Crippen molar-refractivity contribution in [2.75, 3.05) is 11.8 Å². The SMILES string of the molecule is COc1cccc(C(N)=S)c1NS(=O)(=O)c1cnc(C)s1. The molecular weight excluding hydrogens is 330 g/mol. The summed E-state index contributed by atoms with van der Waals surface area (Å²) in [6, 6.07) is 4.93. The Kier molecular flexibility index (Phi) is 4.45. The second kappa shape index (κ2) is 5.96. The molecule has 9 heteroatoms. The number of aryl methyl sites for hydroxylation is 1. The molecule has 112 valence electrons. The third-order valence-corrected chi connectivity index (χ3v) is 5.56. The van der Waals surface area contributed by atoms with E-state index >= 15 is 0 Å². The number of methoxy groups -OCH3 is 1. The number of anilines is 1. The Morgan fingerprint density at radius 1 is 1.48 bits per heavy atom. The van der Waals surface area contributed by atoms with Crippen LogP contribution in [0.25, 0.3) is 0 Å². The van der Waals surface area contributed by atoms with Crippen LogP contribution in [-0.4, -0.2) is 25.5 Å². The summed E-state index contributed by atoms with van der Waals surface area (Å²) < 4.78 is 32.5. The Labute approximate surface area is 132 Å². The highest BCUT2D eigenvalue weighted by molar-refractivity contribution is 7.94. The standard InChI is InChI=1S/C12H13N3O3S3/c1-7-14-6-10(20-7)21(16,17)15-11-8(12(13)19)4-3-5-9(11)18-2/h3-6,15H,1-2H3,(H2,13,19). The number of ether oxygens (including phenoxy) is 1. The first-order chi connectivity index (χ1) is 9.85. The molecule has 0 bridgehead atoms. The van der Waals surface area contributed by atoms with E-state index in [2.05, 4.69) is 9.71 Å². The van der Waals surface area contributed by atoms with Gasteiger partial charge in [-0.05, 0) is 19.1 Å². The maximum Gasteiger partial charge on any atom is 0.273 e. The minimum Gasteiger partial charge on any atom is -0.495 e. The van der Waals surface area contributed by atoms with Crippen LogP contribution in [0.3, 0.4) is 0 Å². The Hall–Kier alpha value is -1.71. The number of aromatic nitrogens is 1. The summed E-state index contributed by atoms with van der Waals surface area (Å²) in [5.74, 6) is 0.338. The van der Waals surface area contributed by atoms with Gasteiger partial charge in [-0.1, -0.05) is 18.3 Å². The highest BCUT2D eigenvalue weighted by atomic mass is 32.2. The largest absolute Gasteiger partial charge is 0.495 e. The number of benzene rings is 1. The number of hydrogen-bond donors (Lipinski definition) is 2. The first-order valence-corrected chi connectivity index (χ1v) is 8.48. The first kappa shape index (κ1) is 15.7. The molecule has 0 aliphatic heterocycles. The average molecular weight is 343 g/mol. The summed E-state index contributed by atoms with van der Waals surface area (Å²) in [6.45, 7) is 1.73. The fraction of sp³-hybridized carbons (Fsp3) is 0.167. The number of nitrogens with zero attached hydrogens (tertiary/aromatic N) is 1.